The fourth-order valence-electron chi connectivity index (χ4n) is 1.54. The quantitative estimate of drug-likeness (QED) is 0.807. The molecule has 2 aromatic rings. The third kappa shape index (κ3) is 3.08. The molecular weight excluding hydrogens is 274 g/mol. The van der Waals surface area contributed by atoms with Gasteiger partial charge in [0.2, 0.25) is 0 Å². The molecule has 0 aliphatic heterocycles. The Balaban J connectivity index is 2.27. The van der Waals surface area contributed by atoms with Crippen LogP contribution in [0.2, 0.25) is 0 Å². The molecule has 0 fully saturated rings. The molecule has 0 N–H and O–H groups in total. The van der Waals surface area contributed by atoms with Gasteiger partial charge in [-0.25, -0.2) is 9.78 Å². The van der Waals surface area contributed by atoms with Gasteiger partial charge >= 0.3 is 5.97 Å². The summed E-state index contributed by atoms with van der Waals surface area (Å²) in [7, 11) is 0. The first kappa shape index (κ1) is 13.9. The Morgan fingerprint density at radius 1 is 1.55 bits per heavy atom. The van der Waals surface area contributed by atoms with Crippen molar-refractivity contribution in [2.45, 2.75) is 6.92 Å². The predicted molar refractivity (Wildman–Crippen MR) is 76.0 cm³/mol. The molecule has 0 amide bonds. The molecule has 5 nitrogen and oxygen atoms in total. The van der Waals surface area contributed by atoms with Crippen molar-refractivity contribution in [3.63, 3.8) is 0 Å². The zero-order valence-corrected chi connectivity index (χ0v) is 11.6. The number of esters is 1. The van der Waals surface area contributed by atoms with Gasteiger partial charge in [0.15, 0.2) is 0 Å². The second-order valence-corrected chi connectivity index (χ2v) is 4.55. The van der Waals surface area contributed by atoms with Gasteiger partial charge in [0.1, 0.15) is 10.9 Å². The van der Waals surface area contributed by atoms with Gasteiger partial charge in [-0.3, -0.25) is 4.98 Å². The molecular formula is C14H11N3O2S. The number of rotatable bonds is 4. The first-order valence-corrected chi connectivity index (χ1v) is 6.77. The molecule has 0 atom stereocenters. The molecule has 0 saturated heterocycles. The molecule has 100 valence electrons. The zero-order valence-electron chi connectivity index (χ0n) is 10.7. The Morgan fingerprint density at radius 2 is 2.40 bits per heavy atom. The van der Waals surface area contributed by atoms with Gasteiger partial charge in [0, 0.05) is 12.4 Å². The van der Waals surface area contributed by atoms with E-state index in [-0.39, 0.29) is 5.97 Å². The van der Waals surface area contributed by atoms with Crippen LogP contribution in [-0.2, 0) is 4.74 Å². The van der Waals surface area contributed by atoms with Gasteiger partial charge < -0.3 is 4.74 Å². The summed E-state index contributed by atoms with van der Waals surface area (Å²) in [6.45, 7) is 2.08. The van der Waals surface area contributed by atoms with Crippen LogP contribution in [0, 0.1) is 11.3 Å². The van der Waals surface area contributed by atoms with Crippen LogP contribution in [0.25, 0.3) is 12.2 Å². The molecule has 0 aliphatic rings. The lowest BCUT2D eigenvalue weighted by molar-refractivity contribution is 0.0531. The second kappa shape index (κ2) is 6.59. The minimum Gasteiger partial charge on any atom is -0.462 e. The maximum absolute atomic E-state index is 11.7. The fourth-order valence-corrected chi connectivity index (χ4v) is 2.20. The molecule has 0 aliphatic carbocycles. The molecule has 6 heteroatoms. The second-order valence-electron chi connectivity index (χ2n) is 3.70. The maximum atomic E-state index is 11.7. The minimum absolute atomic E-state index is 0.322. The van der Waals surface area contributed by atoms with Crippen LogP contribution in [0.3, 0.4) is 0 Å². The average Bonchev–Trinajstić information content (AvgIpc) is 2.94. The summed E-state index contributed by atoms with van der Waals surface area (Å²) in [4.78, 5) is 20.2. The van der Waals surface area contributed by atoms with Crippen molar-refractivity contribution < 1.29 is 9.53 Å². The van der Waals surface area contributed by atoms with E-state index < -0.39 is 0 Å². The van der Waals surface area contributed by atoms with Crippen LogP contribution in [-0.4, -0.2) is 22.5 Å². The van der Waals surface area contributed by atoms with Crippen molar-refractivity contribution >= 4 is 29.5 Å². The van der Waals surface area contributed by atoms with E-state index in [4.69, 9.17) is 10.00 Å². The van der Waals surface area contributed by atoms with E-state index in [1.165, 1.54) is 17.5 Å². The smallest absolute Gasteiger partial charge is 0.350 e. The van der Waals surface area contributed by atoms with Crippen molar-refractivity contribution in [2.24, 2.45) is 0 Å². The summed E-state index contributed by atoms with van der Waals surface area (Å²) in [5, 5.41) is 8.98. The van der Waals surface area contributed by atoms with Gasteiger partial charge in [-0.15, -0.1) is 11.3 Å². The third-order valence-corrected chi connectivity index (χ3v) is 3.27. The highest BCUT2D eigenvalue weighted by atomic mass is 32.1. The summed E-state index contributed by atoms with van der Waals surface area (Å²) in [6.07, 6.45) is 6.53. The lowest BCUT2D eigenvalue weighted by Gasteiger charge is -1.99. The van der Waals surface area contributed by atoms with Gasteiger partial charge in [0.05, 0.1) is 23.4 Å². The third-order valence-electron chi connectivity index (χ3n) is 2.45. The van der Waals surface area contributed by atoms with E-state index >= 15 is 0 Å². The standard InChI is InChI=1S/C14H11N3O2S/c1-2-19-14(18)13-12(17-9-20-13)4-3-10-5-6-16-8-11(10)7-15/h3-6,8-9H,2H2,1H3/b4-3+. The number of nitriles is 1. The predicted octanol–water partition coefficient (Wildman–Crippen LogP) is 2.76. The van der Waals surface area contributed by atoms with Crippen LogP contribution in [0.5, 0.6) is 0 Å². The molecule has 0 saturated carbocycles. The number of aromatic nitrogens is 2. The average molecular weight is 285 g/mol. The summed E-state index contributed by atoms with van der Waals surface area (Å²) in [5.74, 6) is -0.384. The molecule has 0 aromatic carbocycles. The van der Waals surface area contributed by atoms with Gasteiger partial charge in [-0.2, -0.15) is 5.26 Å². The van der Waals surface area contributed by atoms with Crippen molar-refractivity contribution in [2.75, 3.05) is 6.61 Å². The number of pyridine rings is 1. The Labute approximate surface area is 120 Å². The van der Waals surface area contributed by atoms with Gasteiger partial charge in [0.25, 0.3) is 0 Å². The highest BCUT2D eigenvalue weighted by Gasteiger charge is 2.13. The fraction of sp³-hybridized carbons (Fsp3) is 0.143. The molecule has 0 radical (unpaired) electrons. The van der Waals surface area contributed by atoms with Crippen molar-refractivity contribution in [3.8, 4) is 6.07 Å². The largest absolute Gasteiger partial charge is 0.462 e. The molecule has 2 rings (SSSR count). The number of carbonyl (C=O) groups is 1. The summed E-state index contributed by atoms with van der Waals surface area (Å²) in [6, 6.07) is 3.79. The Bertz CT molecular complexity index is 686. The van der Waals surface area contributed by atoms with Crippen LogP contribution in [0.4, 0.5) is 0 Å². The molecule has 2 aromatic heterocycles. The number of hydrogen-bond donors (Lipinski definition) is 0. The van der Waals surface area contributed by atoms with Crippen LogP contribution < -0.4 is 0 Å². The first-order chi connectivity index (χ1) is 9.76. The summed E-state index contributed by atoms with van der Waals surface area (Å²) >= 11 is 1.23. The summed E-state index contributed by atoms with van der Waals surface area (Å²) < 4.78 is 4.96. The Kier molecular flexibility index (Phi) is 4.58. The van der Waals surface area contributed by atoms with E-state index in [1.807, 2.05) is 0 Å². The number of carbonyl (C=O) groups excluding carboxylic acids is 1. The minimum atomic E-state index is -0.384. The molecule has 0 unspecified atom stereocenters. The maximum Gasteiger partial charge on any atom is 0.350 e. The number of hydrogen-bond acceptors (Lipinski definition) is 6. The van der Waals surface area contributed by atoms with Crippen molar-refractivity contribution in [1.29, 1.82) is 5.26 Å². The highest BCUT2D eigenvalue weighted by Crippen LogP contribution is 2.18. The Hall–Kier alpha value is -2.52. The van der Waals surface area contributed by atoms with Gasteiger partial charge in [-0.05, 0) is 24.6 Å². The van der Waals surface area contributed by atoms with E-state index in [9.17, 15) is 4.79 Å². The first-order valence-electron chi connectivity index (χ1n) is 5.89. The van der Waals surface area contributed by atoms with Crippen LogP contribution in [0.15, 0.2) is 24.0 Å². The number of nitrogens with zero attached hydrogens (tertiary/aromatic N) is 3. The van der Waals surface area contributed by atoms with Crippen molar-refractivity contribution in [3.05, 3.63) is 45.7 Å². The van der Waals surface area contributed by atoms with E-state index in [2.05, 4.69) is 16.0 Å². The lowest BCUT2D eigenvalue weighted by Crippen LogP contribution is -2.03. The highest BCUT2D eigenvalue weighted by molar-refractivity contribution is 7.11. The monoisotopic (exact) mass is 285 g/mol. The SMILES string of the molecule is CCOC(=O)c1scnc1/C=C/c1ccncc1C#N. The van der Waals surface area contributed by atoms with Crippen LogP contribution >= 0.6 is 11.3 Å². The lowest BCUT2D eigenvalue weighted by atomic mass is 10.1. The topological polar surface area (TPSA) is 75.9 Å². The number of ether oxygens (including phenoxy) is 1. The number of thiazole rings is 1. The molecule has 0 bridgehead atoms. The van der Waals surface area contributed by atoms with Gasteiger partial charge in [-0.1, -0.05) is 6.08 Å². The van der Waals surface area contributed by atoms with Crippen molar-refractivity contribution in [1.82, 2.24) is 9.97 Å². The molecule has 0 spiro atoms. The normalized spacial score (nSPS) is 10.4. The summed E-state index contributed by atoms with van der Waals surface area (Å²) in [5.41, 5.74) is 3.32. The molecule has 2 heterocycles. The zero-order chi connectivity index (χ0) is 14.4. The molecule has 20 heavy (non-hydrogen) atoms. The Morgan fingerprint density at radius 3 is 3.15 bits per heavy atom. The van der Waals surface area contributed by atoms with E-state index in [0.717, 1.165) is 5.56 Å². The van der Waals surface area contributed by atoms with E-state index in [0.29, 0.717) is 22.7 Å². The van der Waals surface area contributed by atoms with E-state index in [1.54, 1.807) is 36.8 Å². The van der Waals surface area contributed by atoms with Crippen LogP contribution in [0.1, 0.15) is 33.4 Å².